The summed E-state index contributed by atoms with van der Waals surface area (Å²) < 4.78 is 24.1. The van der Waals surface area contributed by atoms with Crippen LogP contribution < -0.4 is 10.6 Å². The van der Waals surface area contributed by atoms with Gasteiger partial charge in [-0.15, -0.1) is 0 Å². The molecule has 1 aliphatic heterocycles. The van der Waals surface area contributed by atoms with E-state index < -0.39 is 58.2 Å². The number of hydrogen-bond donors (Lipinski definition) is 3. The van der Waals surface area contributed by atoms with Gasteiger partial charge >= 0.3 is 17.9 Å². The van der Waals surface area contributed by atoms with Crippen LogP contribution in [-0.2, 0) is 19.1 Å². The number of benzene rings is 2. The molecule has 1 atom stereocenters. The molecule has 2 aromatic carbocycles. The number of carboxylic acid groups (broad SMARTS) is 1. The number of esters is 2. The Kier molecular flexibility index (Phi) is 6.54. The molecule has 1 unspecified atom stereocenters. The number of carboxylic acids is 1. The van der Waals surface area contributed by atoms with Gasteiger partial charge in [-0.2, -0.15) is 5.26 Å². The van der Waals surface area contributed by atoms with E-state index in [9.17, 15) is 34.2 Å². The van der Waals surface area contributed by atoms with Crippen LogP contribution in [-0.4, -0.2) is 42.3 Å². The number of carbonyl (C=O) groups excluding carboxylic acids is 2. The molecule has 3 rings (SSSR count). The number of hydrogen-bond acceptors (Lipinski definition) is 9. The normalized spacial score (nSPS) is 15.6. The summed E-state index contributed by atoms with van der Waals surface area (Å²) in [5.41, 5.74) is 4.24. The number of aromatic hydroxyl groups is 1. The zero-order valence-corrected chi connectivity index (χ0v) is 17.9. The molecule has 0 saturated carbocycles. The number of phenolic OH excluding ortho intramolecular Hbond substituents is 1. The first-order chi connectivity index (χ1) is 16.2. The van der Waals surface area contributed by atoms with Crippen molar-refractivity contribution < 1.29 is 38.5 Å². The Morgan fingerprint density at radius 1 is 1.12 bits per heavy atom. The molecule has 0 radical (unpaired) electrons. The molecule has 0 bridgehead atoms. The number of allylic oxidation sites excluding steroid dienone is 1. The van der Waals surface area contributed by atoms with Crippen molar-refractivity contribution in [3.63, 3.8) is 0 Å². The molecular formula is C23H18FN3O7. The van der Waals surface area contributed by atoms with Crippen molar-refractivity contribution >= 4 is 23.6 Å². The number of nitrogens with two attached hydrogens (primary N) is 1. The maximum Gasteiger partial charge on any atom is 0.355 e. The first kappa shape index (κ1) is 23.8. The summed E-state index contributed by atoms with van der Waals surface area (Å²) in [4.78, 5) is 38.1. The molecule has 174 valence electrons. The lowest BCUT2D eigenvalue weighted by molar-refractivity contribution is -0.139. The van der Waals surface area contributed by atoms with Gasteiger partial charge in [-0.25, -0.2) is 18.8 Å². The number of nitrogens with zero attached hydrogens (tertiary/aromatic N) is 2. The van der Waals surface area contributed by atoms with Gasteiger partial charge in [0.1, 0.15) is 11.5 Å². The van der Waals surface area contributed by atoms with Crippen LogP contribution in [0, 0.1) is 17.1 Å². The minimum Gasteiger partial charge on any atom is -0.503 e. The number of rotatable bonds is 5. The summed E-state index contributed by atoms with van der Waals surface area (Å²) in [6.07, 6.45) is 0. The standard InChI is InChI=1S/C23H18FN3O7/c1-33-22(31)17-16(11-6-4-3-5-7-11)13(10-25)20(26)27(18(17)23(32)34-2)15-9-12(21(29)30)8-14(24)19(15)28/h3-9,16,28H,26H2,1-2H3,(H,29,30). The molecule has 0 amide bonds. The maximum absolute atomic E-state index is 14.4. The van der Waals surface area contributed by atoms with Crippen LogP contribution in [0.2, 0.25) is 0 Å². The lowest BCUT2D eigenvalue weighted by Gasteiger charge is -2.36. The molecule has 0 fully saturated rings. The summed E-state index contributed by atoms with van der Waals surface area (Å²) >= 11 is 0. The van der Waals surface area contributed by atoms with Crippen LogP contribution in [0.15, 0.2) is 65.1 Å². The third-order valence-corrected chi connectivity index (χ3v) is 5.14. The fourth-order valence-electron chi connectivity index (χ4n) is 3.64. The van der Waals surface area contributed by atoms with E-state index >= 15 is 0 Å². The summed E-state index contributed by atoms with van der Waals surface area (Å²) in [5.74, 6) is -7.76. The lowest BCUT2D eigenvalue weighted by Crippen LogP contribution is -2.41. The predicted octanol–water partition coefficient (Wildman–Crippen LogP) is 2.13. The number of halogens is 1. The molecule has 11 heteroatoms. The predicted molar refractivity (Wildman–Crippen MR) is 115 cm³/mol. The quantitative estimate of drug-likeness (QED) is 0.555. The second-order valence-electron chi connectivity index (χ2n) is 6.97. The van der Waals surface area contributed by atoms with Crippen molar-refractivity contribution in [3.05, 3.63) is 82.1 Å². The molecular weight excluding hydrogens is 449 g/mol. The molecule has 4 N–H and O–H groups in total. The zero-order valence-electron chi connectivity index (χ0n) is 17.9. The highest BCUT2D eigenvalue weighted by atomic mass is 19.1. The highest BCUT2D eigenvalue weighted by molar-refractivity contribution is 6.07. The Labute approximate surface area is 192 Å². The molecule has 34 heavy (non-hydrogen) atoms. The van der Waals surface area contributed by atoms with Crippen molar-refractivity contribution in [2.45, 2.75) is 5.92 Å². The zero-order chi connectivity index (χ0) is 25.2. The second kappa shape index (κ2) is 9.33. The number of ether oxygens (including phenoxy) is 2. The van der Waals surface area contributed by atoms with Crippen LogP contribution in [0.3, 0.4) is 0 Å². The average Bonchev–Trinajstić information content (AvgIpc) is 2.84. The van der Waals surface area contributed by atoms with Gasteiger partial charge in [-0.05, 0) is 17.7 Å². The van der Waals surface area contributed by atoms with Gasteiger partial charge in [0.05, 0.1) is 48.6 Å². The van der Waals surface area contributed by atoms with Gasteiger partial charge in [-0.1, -0.05) is 30.3 Å². The number of anilines is 1. The summed E-state index contributed by atoms with van der Waals surface area (Å²) in [5, 5.41) is 29.7. The van der Waals surface area contributed by atoms with E-state index in [1.54, 1.807) is 30.3 Å². The highest BCUT2D eigenvalue weighted by Gasteiger charge is 2.44. The van der Waals surface area contributed by atoms with Crippen LogP contribution in [0.4, 0.5) is 10.1 Å². The highest BCUT2D eigenvalue weighted by Crippen LogP contribution is 2.45. The first-order valence-electron chi connectivity index (χ1n) is 9.59. The van der Waals surface area contributed by atoms with E-state index in [0.717, 1.165) is 20.3 Å². The summed E-state index contributed by atoms with van der Waals surface area (Å²) in [6.45, 7) is 0. The summed E-state index contributed by atoms with van der Waals surface area (Å²) in [6, 6.07) is 11.4. The van der Waals surface area contributed by atoms with E-state index in [1.807, 2.05) is 6.07 Å². The van der Waals surface area contributed by atoms with Gasteiger partial charge in [-0.3, -0.25) is 4.90 Å². The monoisotopic (exact) mass is 467 g/mol. The summed E-state index contributed by atoms with van der Waals surface area (Å²) in [7, 11) is 2.06. The van der Waals surface area contributed by atoms with Crippen LogP contribution in [0.1, 0.15) is 21.8 Å². The van der Waals surface area contributed by atoms with E-state index in [2.05, 4.69) is 0 Å². The van der Waals surface area contributed by atoms with Gasteiger partial charge in [0.2, 0.25) is 0 Å². The van der Waals surface area contributed by atoms with E-state index in [4.69, 9.17) is 15.2 Å². The third-order valence-electron chi connectivity index (χ3n) is 5.14. The fourth-order valence-corrected chi connectivity index (χ4v) is 3.64. The molecule has 2 aromatic rings. The second-order valence-corrected chi connectivity index (χ2v) is 6.97. The Hall–Kier alpha value is -4.85. The average molecular weight is 467 g/mol. The molecule has 1 aliphatic rings. The lowest BCUT2D eigenvalue weighted by atomic mass is 9.81. The Morgan fingerprint density at radius 2 is 1.74 bits per heavy atom. The minimum absolute atomic E-state index is 0.236. The molecule has 10 nitrogen and oxygen atoms in total. The van der Waals surface area contributed by atoms with E-state index in [0.29, 0.717) is 16.5 Å². The smallest absolute Gasteiger partial charge is 0.355 e. The van der Waals surface area contributed by atoms with E-state index in [-0.39, 0.29) is 11.1 Å². The Balaban J connectivity index is 2.49. The van der Waals surface area contributed by atoms with Crippen LogP contribution in [0.5, 0.6) is 5.75 Å². The van der Waals surface area contributed by atoms with Crippen molar-refractivity contribution in [1.82, 2.24) is 0 Å². The number of nitriles is 1. The van der Waals surface area contributed by atoms with Crippen molar-refractivity contribution in [2.75, 3.05) is 19.1 Å². The van der Waals surface area contributed by atoms with Gasteiger partial charge in [0, 0.05) is 0 Å². The van der Waals surface area contributed by atoms with E-state index in [1.165, 1.54) is 0 Å². The number of phenols is 1. The number of aromatic carboxylic acids is 1. The van der Waals surface area contributed by atoms with Crippen molar-refractivity contribution in [1.29, 1.82) is 5.26 Å². The Morgan fingerprint density at radius 3 is 2.26 bits per heavy atom. The van der Waals surface area contributed by atoms with Gasteiger partial charge in [0.25, 0.3) is 0 Å². The third kappa shape index (κ3) is 3.88. The van der Waals surface area contributed by atoms with Gasteiger partial charge in [0.15, 0.2) is 11.6 Å². The molecule has 0 saturated heterocycles. The topological polar surface area (TPSA) is 163 Å². The van der Waals surface area contributed by atoms with Crippen molar-refractivity contribution in [3.8, 4) is 11.8 Å². The molecule has 1 heterocycles. The SMILES string of the molecule is COC(=O)C1=C(C(=O)OC)N(c2cc(C(=O)O)cc(F)c2O)C(N)=C(C#N)C1c1ccccc1. The maximum atomic E-state index is 14.4. The molecule has 0 spiro atoms. The first-order valence-corrected chi connectivity index (χ1v) is 9.59. The number of methoxy groups -OCH3 is 2. The molecule has 0 aromatic heterocycles. The minimum atomic E-state index is -1.54. The van der Waals surface area contributed by atoms with Crippen molar-refractivity contribution in [2.24, 2.45) is 5.73 Å². The van der Waals surface area contributed by atoms with Gasteiger partial charge < -0.3 is 25.4 Å². The Bertz CT molecular complexity index is 1300. The van der Waals surface area contributed by atoms with Crippen LogP contribution >= 0.6 is 0 Å². The largest absolute Gasteiger partial charge is 0.503 e. The molecule has 0 aliphatic carbocycles. The van der Waals surface area contributed by atoms with Crippen LogP contribution in [0.25, 0.3) is 0 Å². The number of carbonyl (C=O) groups is 3. The fraction of sp³-hybridized carbons (Fsp3) is 0.130.